The molecule has 1 aliphatic carbocycles. The minimum atomic E-state index is -0.0679. The summed E-state index contributed by atoms with van der Waals surface area (Å²) in [6, 6.07) is 13.8. The molecule has 2 amide bonds. The van der Waals surface area contributed by atoms with Gasteiger partial charge in [-0.05, 0) is 54.7 Å². The summed E-state index contributed by atoms with van der Waals surface area (Å²) in [5.41, 5.74) is 2.85. The van der Waals surface area contributed by atoms with Gasteiger partial charge in [-0.2, -0.15) is 0 Å². The van der Waals surface area contributed by atoms with Crippen molar-refractivity contribution in [2.75, 3.05) is 26.3 Å². The molecule has 0 spiro atoms. The molecule has 1 saturated heterocycles. The first kappa shape index (κ1) is 20.9. The van der Waals surface area contributed by atoms with Crippen LogP contribution in [0.3, 0.4) is 0 Å². The maximum atomic E-state index is 12.9. The molecule has 168 valence electrons. The van der Waals surface area contributed by atoms with Gasteiger partial charge in [-0.3, -0.25) is 9.59 Å². The highest BCUT2D eigenvalue weighted by molar-refractivity contribution is 5.94. The van der Waals surface area contributed by atoms with Crippen LogP contribution in [0.1, 0.15) is 60.0 Å². The number of nitrogens with one attached hydrogen (secondary N) is 1. The van der Waals surface area contributed by atoms with E-state index >= 15 is 0 Å². The smallest absolute Gasteiger partial charge is 0.251 e. The highest BCUT2D eigenvalue weighted by Crippen LogP contribution is 2.43. The number of hydrogen-bond acceptors (Lipinski definition) is 4. The van der Waals surface area contributed by atoms with Gasteiger partial charge in [0, 0.05) is 37.0 Å². The van der Waals surface area contributed by atoms with Gasteiger partial charge in [0.2, 0.25) is 5.91 Å². The number of fused-ring (bicyclic) bond motifs is 1. The van der Waals surface area contributed by atoms with Gasteiger partial charge in [0.05, 0.1) is 0 Å². The third-order valence-corrected chi connectivity index (χ3v) is 7.06. The van der Waals surface area contributed by atoms with Gasteiger partial charge in [-0.15, -0.1) is 0 Å². The quantitative estimate of drug-likeness (QED) is 0.751. The van der Waals surface area contributed by atoms with Crippen LogP contribution in [-0.2, 0) is 16.8 Å². The third kappa shape index (κ3) is 4.18. The average Bonchev–Trinajstić information content (AvgIpc) is 3.47. The Bertz CT molecular complexity index is 995. The number of rotatable bonds is 6. The van der Waals surface area contributed by atoms with Crippen LogP contribution in [0.15, 0.2) is 42.5 Å². The van der Waals surface area contributed by atoms with Gasteiger partial charge in [-0.25, -0.2) is 0 Å². The van der Waals surface area contributed by atoms with Crippen molar-refractivity contribution >= 4 is 11.8 Å². The summed E-state index contributed by atoms with van der Waals surface area (Å²) < 4.78 is 11.5. The summed E-state index contributed by atoms with van der Waals surface area (Å²) >= 11 is 0. The highest BCUT2D eigenvalue weighted by atomic mass is 16.6. The summed E-state index contributed by atoms with van der Waals surface area (Å²) in [5, 5.41) is 3.18. The molecular formula is C26H30N2O4. The van der Waals surface area contributed by atoms with Crippen LogP contribution in [0.25, 0.3) is 0 Å². The van der Waals surface area contributed by atoms with E-state index in [2.05, 4.69) is 17.4 Å². The molecule has 0 radical (unpaired) electrons. The van der Waals surface area contributed by atoms with Crippen LogP contribution in [-0.4, -0.2) is 43.0 Å². The van der Waals surface area contributed by atoms with E-state index in [1.807, 2.05) is 35.2 Å². The molecule has 2 aliphatic heterocycles. The lowest BCUT2D eigenvalue weighted by Crippen LogP contribution is -2.39. The minimum Gasteiger partial charge on any atom is -0.486 e. The number of benzene rings is 2. The molecule has 3 aliphatic rings. The Labute approximate surface area is 188 Å². The number of carbonyl (C=O) groups excluding carboxylic acids is 2. The van der Waals surface area contributed by atoms with Crippen LogP contribution in [0.2, 0.25) is 0 Å². The molecule has 6 heteroatoms. The molecular weight excluding hydrogens is 404 g/mol. The molecule has 32 heavy (non-hydrogen) atoms. The number of ether oxygens (including phenoxy) is 2. The lowest BCUT2D eigenvalue weighted by Gasteiger charge is -2.31. The SMILES string of the molecule is O=C(NCC1(c2ccc3c(c2)OCCO3)CCCC1)c1ccc(CN2CCCC2=O)cc1. The van der Waals surface area contributed by atoms with E-state index in [0.717, 1.165) is 55.7 Å². The molecule has 0 unspecified atom stereocenters. The van der Waals surface area contributed by atoms with Crippen LogP contribution in [0, 0.1) is 0 Å². The monoisotopic (exact) mass is 434 g/mol. The molecule has 2 heterocycles. The maximum Gasteiger partial charge on any atom is 0.251 e. The van der Waals surface area contributed by atoms with Gasteiger partial charge in [-0.1, -0.05) is 31.0 Å². The lowest BCUT2D eigenvalue weighted by atomic mass is 9.78. The molecule has 2 aromatic rings. The molecule has 2 aromatic carbocycles. The van der Waals surface area contributed by atoms with Crippen molar-refractivity contribution in [3.63, 3.8) is 0 Å². The fourth-order valence-corrected chi connectivity index (χ4v) is 5.20. The van der Waals surface area contributed by atoms with Crippen molar-refractivity contribution in [3.8, 4) is 11.5 Å². The predicted molar refractivity (Wildman–Crippen MR) is 121 cm³/mol. The van der Waals surface area contributed by atoms with E-state index in [-0.39, 0.29) is 17.2 Å². The Morgan fingerprint density at radius 1 is 0.969 bits per heavy atom. The zero-order chi connectivity index (χ0) is 22.0. The van der Waals surface area contributed by atoms with Crippen molar-refractivity contribution in [2.45, 2.75) is 50.5 Å². The second kappa shape index (κ2) is 8.85. The van der Waals surface area contributed by atoms with Crippen molar-refractivity contribution in [3.05, 3.63) is 59.2 Å². The fourth-order valence-electron chi connectivity index (χ4n) is 5.20. The normalized spacial score (nSPS) is 19.2. The zero-order valence-electron chi connectivity index (χ0n) is 18.4. The summed E-state index contributed by atoms with van der Waals surface area (Å²) in [6.07, 6.45) is 6.00. The van der Waals surface area contributed by atoms with E-state index in [1.54, 1.807) is 0 Å². The van der Waals surface area contributed by atoms with Crippen LogP contribution >= 0.6 is 0 Å². The minimum absolute atomic E-state index is 0.0578. The molecule has 2 fully saturated rings. The fraction of sp³-hybridized carbons (Fsp3) is 0.462. The van der Waals surface area contributed by atoms with Crippen LogP contribution in [0.4, 0.5) is 0 Å². The molecule has 0 bridgehead atoms. The molecule has 5 rings (SSSR count). The summed E-state index contributed by atoms with van der Waals surface area (Å²) in [6.45, 7) is 3.20. The van der Waals surface area contributed by atoms with Gasteiger partial charge >= 0.3 is 0 Å². The van der Waals surface area contributed by atoms with Gasteiger partial charge in [0.1, 0.15) is 13.2 Å². The molecule has 6 nitrogen and oxygen atoms in total. The molecule has 0 aromatic heterocycles. The van der Waals surface area contributed by atoms with Crippen molar-refractivity contribution in [1.29, 1.82) is 0 Å². The Kier molecular flexibility index (Phi) is 5.77. The van der Waals surface area contributed by atoms with Crippen molar-refractivity contribution in [1.82, 2.24) is 10.2 Å². The first-order chi connectivity index (χ1) is 15.6. The van der Waals surface area contributed by atoms with Crippen molar-refractivity contribution < 1.29 is 19.1 Å². The Morgan fingerprint density at radius 2 is 1.72 bits per heavy atom. The molecule has 1 N–H and O–H groups in total. The van der Waals surface area contributed by atoms with Crippen LogP contribution in [0.5, 0.6) is 11.5 Å². The first-order valence-corrected chi connectivity index (χ1v) is 11.7. The maximum absolute atomic E-state index is 12.9. The Hall–Kier alpha value is -3.02. The summed E-state index contributed by atoms with van der Waals surface area (Å²) in [4.78, 5) is 26.6. The van der Waals surface area contributed by atoms with Crippen molar-refractivity contribution in [2.24, 2.45) is 0 Å². The Morgan fingerprint density at radius 3 is 2.44 bits per heavy atom. The number of likely N-dealkylation sites (tertiary alicyclic amines) is 1. The number of nitrogens with zero attached hydrogens (tertiary/aromatic N) is 1. The van der Waals surface area contributed by atoms with Gasteiger partial charge in [0.25, 0.3) is 5.91 Å². The average molecular weight is 435 g/mol. The van der Waals surface area contributed by atoms with E-state index in [1.165, 1.54) is 5.56 Å². The summed E-state index contributed by atoms with van der Waals surface area (Å²) in [5.74, 6) is 1.76. The van der Waals surface area contributed by atoms with E-state index < -0.39 is 0 Å². The van der Waals surface area contributed by atoms with Gasteiger partial charge < -0.3 is 19.7 Å². The topological polar surface area (TPSA) is 67.9 Å². The lowest BCUT2D eigenvalue weighted by molar-refractivity contribution is -0.128. The number of amides is 2. The summed E-state index contributed by atoms with van der Waals surface area (Å²) in [7, 11) is 0. The second-order valence-electron chi connectivity index (χ2n) is 9.14. The van der Waals surface area contributed by atoms with E-state index in [9.17, 15) is 9.59 Å². The Balaban J connectivity index is 1.25. The van der Waals surface area contributed by atoms with E-state index in [0.29, 0.717) is 38.3 Å². The third-order valence-electron chi connectivity index (χ3n) is 7.06. The first-order valence-electron chi connectivity index (χ1n) is 11.7. The molecule has 1 saturated carbocycles. The second-order valence-corrected chi connectivity index (χ2v) is 9.14. The number of carbonyl (C=O) groups is 2. The van der Waals surface area contributed by atoms with Gasteiger partial charge in [0.15, 0.2) is 11.5 Å². The van der Waals surface area contributed by atoms with E-state index in [4.69, 9.17) is 9.47 Å². The zero-order valence-corrected chi connectivity index (χ0v) is 18.4. The predicted octanol–water partition coefficient (Wildman–Crippen LogP) is 3.82. The largest absolute Gasteiger partial charge is 0.486 e. The highest BCUT2D eigenvalue weighted by Gasteiger charge is 2.37. The standard InChI is InChI=1S/C26H30N2O4/c29-24-4-3-13-28(24)17-19-5-7-20(8-6-19)25(30)27-18-26(11-1-2-12-26)21-9-10-22-23(16-21)32-15-14-31-22/h5-10,16H,1-4,11-15,17-18H2,(H,27,30). The van der Waals surface area contributed by atoms with Crippen LogP contribution < -0.4 is 14.8 Å². The molecule has 0 atom stereocenters. The number of hydrogen-bond donors (Lipinski definition) is 1.